The van der Waals surface area contributed by atoms with Crippen LogP contribution in [-0.2, 0) is 30.4 Å². The molecule has 8 N–H and O–H groups in total. The summed E-state index contributed by atoms with van der Waals surface area (Å²) >= 11 is 0. The van der Waals surface area contributed by atoms with Gasteiger partial charge in [0.05, 0.1) is 12.1 Å². The van der Waals surface area contributed by atoms with Gasteiger partial charge < -0.3 is 41.9 Å². The molecule has 0 aromatic heterocycles. The van der Waals surface area contributed by atoms with Gasteiger partial charge >= 0.3 is 5.97 Å². The maximum atomic E-state index is 13.1. The minimum atomic E-state index is -1.30. The molecule has 38 heavy (non-hydrogen) atoms. The van der Waals surface area contributed by atoms with Crippen LogP contribution in [0.4, 0.5) is 0 Å². The Kier molecular flexibility index (Phi) is 10.2. The molecule has 2 aliphatic heterocycles. The first-order valence-corrected chi connectivity index (χ1v) is 14.4. The number of benzene rings is 1. The van der Waals surface area contributed by atoms with Crippen molar-refractivity contribution in [1.29, 1.82) is 0 Å². The first kappa shape index (κ1) is 29.5. The quantitative estimate of drug-likeness (QED) is 0.196. The highest BCUT2D eigenvalue weighted by atomic mass is 33.1. The van der Waals surface area contributed by atoms with Crippen molar-refractivity contribution in [1.82, 2.24) is 20.9 Å². The lowest BCUT2D eigenvalue weighted by molar-refractivity contribution is -0.145. The highest BCUT2D eigenvalue weighted by Crippen LogP contribution is 2.25. The zero-order valence-corrected chi connectivity index (χ0v) is 22.2. The Hall–Kier alpha value is -3.01. The number of nitrogens with zero attached hydrogens (tertiary/aromatic N) is 1. The van der Waals surface area contributed by atoms with E-state index in [0.717, 1.165) is 26.5 Å². The van der Waals surface area contributed by atoms with Gasteiger partial charge in [0, 0.05) is 18.1 Å². The van der Waals surface area contributed by atoms with E-state index in [9.17, 15) is 39.3 Å². The van der Waals surface area contributed by atoms with E-state index in [0.29, 0.717) is 5.56 Å². The van der Waals surface area contributed by atoms with Gasteiger partial charge in [-0.05, 0) is 37.5 Å². The number of aliphatic carboxylic acids is 1. The number of fused-ring (bicyclic) bond motifs is 1. The first-order chi connectivity index (χ1) is 18.0. The normalized spacial score (nSPS) is 27.9. The second kappa shape index (κ2) is 13.2. The number of hydrogen-bond donors (Lipinski definition) is 7. The number of nitrogens with two attached hydrogens (primary N) is 1. The Bertz CT molecular complexity index is 1060. The molecule has 0 bridgehead atoms. The summed E-state index contributed by atoms with van der Waals surface area (Å²) in [6.07, 6.45) is -0.923. The van der Waals surface area contributed by atoms with Crippen LogP contribution in [0.1, 0.15) is 18.9 Å². The Labute approximate surface area is 226 Å². The second-order valence-corrected chi connectivity index (χ2v) is 11.6. The molecule has 15 heteroatoms. The SMILES string of the molecule is C[C@@H]1NC(=O)[C@@H](NC(=O)[C@@H](N)Cc2ccc(O)cc2)CSSC[C@@H](C(=O)O)NC(=O)[C@@H]2C(O)CCN2C1=O. The van der Waals surface area contributed by atoms with Gasteiger partial charge in [0.2, 0.25) is 23.6 Å². The number of aliphatic hydroxyl groups excluding tert-OH is 1. The molecule has 13 nitrogen and oxygen atoms in total. The molecule has 208 valence electrons. The number of carboxylic acids is 1. The zero-order valence-electron chi connectivity index (χ0n) is 20.5. The summed E-state index contributed by atoms with van der Waals surface area (Å²) in [5.74, 6) is -3.94. The van der Waals surface area contributed by atoms with Gasteiger partial charge in [0.1, 0.15) is 29.9 Å². The van der Waals surface area contributed by atoms with Gasteiger partial charge in [-0.1, -0.05) is 33.7 Å². The summed E-state index contributed by atoms with van der Waals surface area (Å²) in [7, 11) is 2.19. The minimum absolute atomic E-state index is 0.0282. The van der Waals surface area contributed by atoms with E-state index >= 15 is 0 Å². The number of carboxylic acid groups (broad SMARTS) is 1. The third-order valence-electron chi connectivity index (χ3n) is 6.18. The van der Waals surface area contributed by atoms with Gasteiger partial charge in [-0.2, -0.15) is 0 Å². The summed E-state index contributed by atoms with van der Waals surface area (Å²) in [5, 5.41) is 36.8. The second-order valence-electron chi connectivity index (χ2n) is 9.07. The van der Waals surface area contributed by atoms with Crippen molar-refractivity contribution < 1.29 is 39.3 Å². The van der Waals surface area contributed by atoms with E-state index in [-0.39, 0.29) is 36.6 Å². The van der Waals surface area contributed by atoms with E-state index in [1.54, 1.807) is 12.1 Å². The Morgan fingerprint density at radius 1 is 1.13 bits per heavy atom. The number of carbonyl (C=O) groups excluding carboxylic acids is 4. The van der Waals surface area contributed by atoms with Gasteiger partial charge in [-0.3, -0.25) is 19.2 Å². The zero-order chi connectivity index (χ0) is 28.0. The number of aromatic hydroxyl groups is 1. The summed E-state index contributed by atoms with van der Waals surface area (Å²) in [6.45, 7) is 1.47. The lowest BCUT2D eigenvalue weighted by Gasteiger charge is -2.30. The minimum Gasteiger partial charge on any atom is -0.508 e. The molecule has 0 spiro atoms. The Balaban J connectivity index is 1.75. The van der Waals surface area contributed by atoms with Crippen LogP contribution in [0.25, 0.3) is 0 Å². The lowest BCUT2D eigenvalue weighted by Crippen LogP contribution is -2.59. The number of phenolic OH excluding ortho intramolecular Hbond substituents is 1. The summed E-state index contributed by atoms with van der Waals surface area (Å²) < 4.78 is 0. The summed E-state index contributed by atoms with van der Waals surface area (Å²) in [5.41, 5.74) is 6.74. The van der Waals surface area contributed by atoms with E-state index in [2.05, 4.69) is 16.0 Å². The molecular weight excluding hydrogens is 538 g/mol. The van der Waals surface area contributed by atoms with Crippen molar-refractivity contribution >= 4 is 51.2 Å². The van der Waals surface area contributed by atoms with Crippen LogP contribution in [0.5, 0.6) is 5.75 Å². The molecule has 0 radical (unpaired) electrons. The highest BCUT2D eigenvalue weighted by Gasteiger charge is 2.43. The predicted octanol–water partition coefficient (Wildman–Crippen LogP) is -1.82. The van der Waals surface area contributed by atoms with Gasteiger partial charge in [-0.25, -0.2) is 4.79 Å². The number of aliphatic hydroxyl groups is 1. The molecule has 3 rings (SSSR count). The molecule has 1 aromatic carbocycles. The highest BCUT2D eigenvalue weighted by molar-refractivity contribution is 8.76. The molecule has 2 fully saturated rings. The number of hydrogen-bond acceptors (Lipinski definition) is 10. The van der Waals surface area contributed by atoms with Crippen LogP contribution < -0.4 is 21.7 Å². The molecule has 1 unspecified atom stereocenters. The molecule has 0 saturated carbocycles. The van der Waals surface area contributed by atoms with Crippen LogP contribution in [0.3, 0.4) is 0 Å². The maximum Gasteiger partial charge on any atom is 0.327 e. The first-order valence-electron chi connectivity index (χ1n) is 11.9. The number of rotatable bonds is 5. The fourth-order valence-corrected chi connectivity index (χ4v) is 6.39. The summed E-state index contributed by atoms with van der Waals surface area (Å²) in [6, 6.07) is 0.389. The average molecular weight is 570 g/mol. The summed E-state index contributed by atoms with van der Waals surface area (Å²) in [4.78, 5) is 64.6. The molecule has 4 amide bonds. The maximum absolute atomic E-state index is 13.1. The average Bonchev–Trinajstić information content (AvgIpc) is 3.26. The smallest absolute Gasteiger partial charge is 0.327 e. The van der Waals surface area contributed by atoms with Gasteiger partial charge in [0.15, 0.2) is 0 Å². The van der Waals surface area contributed by atoms with Gasteiger partial charge in [0.25, 0.3) is 0 Å². The van der Waals surface area contributed by atoms with E-state index in [1.165, 1.54) is 19.1 Å². The fraction of sp³-hybridized carbons (Fsp3) is 0.522. The third kappa shape index (κ3) is 7.52. The van der Waals surface area contributed by atoms with Crippen LogP contribution in [-0.4, -0.2) is 104 Å². The van der Waals surface area contributed by atoms with Crippen molar-refractivity contribution in [2.24, 2.45) is 5.73 Å². The fourth-order valence-electron chi connectivity index (χ4n) is 4.07. The largest absolute Gasteiger partial charge is 0.508 e. The third-order valence-corrected chi connectivity index (χ3v) is 8.60. The molecule has 0 aliphatic carbocycles. The van der Waals surface area contributed by atoms with Gasteiger partial charge in [-0.15, -0.1) is 0 Å². The van der Waals surface area contributed by atoms with E-state index in [1.807, 2.05) is 0 Å². The lowest BCUT2D eigenvalue weighted by atomic mass is 10.1. The van der Waals surface area contributed by atoms with Crippen LogP contribution >= 0.6 is 21.6 Å². The van der Waals surface area contributed by atoms with E-state index in [4.69, 9.17) is 5.73 Å². The number of phenols is 1. The number of nitrogens with one attached hydrogen (secondary N) is 3. The molecule has 2 aliphatic rings. The Morgan fingerprint density at radius 2 is 1.79 bits per heavy atom. The van der Waals surface area contributed by atoms with Crippen molar-refractivity contribution in [3.05, 3.63) is 29.8 Å². The van der Waals surface area contributed by atoms with E-state index < -0.39 is 65.9 Å². The number of carbonyl (C=O) groups is 5. The van der Waals surface area contributed by atoms with Crippen molar-refractivity contribution in [3.63, 3.8) is 0 Å². The monoisotopic (exact) mass is 569 g/mol. The molecule has 6 atom stereocenters. The molecule has 2 heterocycles. The standard InChI is InChI=1S/C23H31N5O8S2/c1-11-22(34)28-7-6-17(30)18(28)21(33)27-16(23(35)36)10-38-37-9-15(20(32)25-11)26-19(31)14(24)8-12-2-4-13(29)5-3-12/h2-5,11,14-18,29-30H,6-10,24H2,1H3,(H,25,32)(H,26,31)(H,27,33)(H,35,36)/t11-,14-,15-,16-,17?,18-/m0/s1. The van der Waals surface area contributed by atoms with Crippen LogP contribution in [0, 0.1) is 0 Å². The molecular formula is C23H31N5O8S2. The van der Waals surface area contributed by atoms with Crippen molar-refractivity contribution in [2.45, 2.75) is 56.1 Å². The van der Waals surface area contributed by atoms with Crippen molar-refractivity contribution in [3.8, 4) is 5.75 Å². The van der Waals surface area contributed by atoms with Crippen LogP contribution in [0.15, 0.2) is 24.3 Å². The number of amides is 4. The topological polar surface area (TPSA) is 211 Å². The Morgan fingerprint density at radius 3 is 2.45 bits per heavy atom. The molecule has 1 aromatic rings. The predicted molar refractivity (Wildman–Crippen MR) is 140 cm³/mol. The van der Waals surface area contributed by atoms with Crippen molar-refractivity contribution in [2.75, 3.05) is 18.1 Å². The van der Waals surface area contributed by atoms with Crippen LogP contribution in [0.2, 0.25) is 0 Å². The molecule has 2 saturated heterocycles.